The zero-order valence-corrected chi connectivity index (χ0v) is 7.45. The number of amides is 1. The molecule has 1 saturated heterocycles. The second-order valence-electron chi connectivity index (χ2n) is 3.51. The molecule has 0 saturated carbocycles. The van der Waals surface area contributed by atoms with Gasteiger partial charge in [0.15, 0.2) is 0 Å². The molecule has 1 amide bonds. The van der Waals surface area contributed by atoms with Crippen LogP contribution < -0.4 is 5.73 Å². The van der Waals surface area contributed by atoms with E-state index in [0.717, 1.165) is 13.1 Å². The van der Waals surface area contributed by atoms with Crippen LogP contribution in [0.2, 0.25) is 0 Å². The van der Waals surface area contributed by atoms with E-state index in [0.29, 0.717) is 17.3 Å². The molecule has 0 radical (unpaired) electrons. The average Bonchev–Trinajstić information content (AvgIpc) is 2.44. The lowest BCUT2D eigenvalue weighted by atomic mass is 10.0. The number of hydrogen-bond acceptors (Lipinski definition) is 3. The maximum absolute atomic E-state index is 11.6. The smallest absolute Gasteiger partial charge is 0.259 e. The first-order chi connectivity index (χ1) is 6.18. The Labute approximate surface area is 75.9 Å². The van der Waals surface area contributed by atoms with Gasteiger partial charge in [-0.05, 0) is 5.92 Å². The quantitative estimate of drug-likeness (QED) is 0.642. The van der Waals surface area contributed by atoms with Crippen molar-refractivity contribution in [2.24, 2.45) is 5.92 Å². The van der Waals surface area contributed by atoms with Crippen molar-refractivity contribution >= 4 is 11.7 Å². The molecule has 0 atom stereocenters. The van der Waals surface area contributed by atoms with Gasteiger partial charge in [0.1, 0.15) is 11.4 Å². The highest BCUT2D eigenvalue weighted by atomic mass is 16.2. The molecule has 70 valence electrons. The number of nitrogens with one attached hydrogen (secondary N) is 1. The molecule has 0 unspecified atom stereocenters. The fourth-order valence-corrected chi connectivity index (χ4v) is 1.50. The van der Waals surface area contributed by atoms with Crippen molar-refractivity contribution in [3.63, 3.8) is 0 Å². The van der Waals surface area contributed by atoms with Gasteiger partial charge in [0.05, 0.1) is 6.20 Å². The van der Waals surface area contributed by atoms with E-state index in [1.54, 1.807) is 4.90 Å². The van der Waals surface area contributed by atoms with Gasteiger partial charge in [-0.3, -0.25) is 9.89 Å². The fraction of sp³-hybridized carbons (Fsp3) is 0.500. The van der Waals surface area contributed by atoms with Crippen molar-refractivity contribution in [3.8, 4) is 0 Å². The molecule has 2 heterocycles. The van der Waals surface area contributed by atoms with Crippen LogP contribution in [0.3, 0.4) is 0 Å². The largest absolute Gasteiger partial charge is 0.383 e. The minimum Gasteiger partial charge on any atom is -0.383 e. The molecule has 1 aliphatic rings. The van der Waals surface area contributed by atoms with Crippen molar-refractivity contribution in [1.29, 1.82) is 0 Å². The van der Waals surface area contributed by atoms with Crippen molar-refractivity contribution < 1.29 is 4.79 Å². The number of carbonyl (C=O) groups is 1. The first-order valence-corrected chi connectivity index (χ1v) is 4.26. The molecular weight excluding hydrogens is 168 g/mol. The number of aromatic amines is 1. The second-order valence-corrected chi connectivity index (χ2v) is 3.51. The second kappa shape index (κ2) is 2.76. The van der Waals surface area contributed by atoms with Crippen LogP contribution in [0.4, 0.5) is 5.82 Å². The van der Waals surface area contributed by atoms with Gasteiger partial charge in [-0.1, -0.05) is 6.92 Å². The molecule has 5 heteroatoms. The Morgan fingerprint density at radius 1 is 1.77 bits per heavy atom. The van der Waals surface area contributed by atoms with Gasteiger partial charge in [0.2, 0.25) is 0 Å². The number of nitrogens with zero attached hydrogens (tertiary/aromatic N) is 2. The molecule has 0 aromatic carbocycles. The molecule has 1 aliphatic heterocycles. The Hall–Kier alpha value is -1.52. The monoisotopic (exact) mass is 180 g/mol. The van der Waals surface area contributed by atoms with Crippen molar-refractivity contribution in [1.82, 2.24) is 15.1 Å². The summed E-state index contributed by atoms with van der Waals surface area (Å²) in [5, 5.41) is 6.25. The SMILES string of the molecule is CC1CN(C(=O)c2cn[nH]c2N)C1. The van der Waals surface area contributed by atoms with E-state index in [9.17, 15) is 4.79 Å². The van der Waals surface area contributed by atoms with Crippen molar-refractivity contribution in [3.05, 3.63) is 11.8 Å². The lowest BCUT2D eigenvalue weighted by Crippen LogP contribution is -2.48. The zero-order chi connectivity index (χ0) is 9.42. The van der Waals surface area contributed by atoms with Crippen molar-refractivity contribution in [2.75, 3.05) is 18.8 Å². The topological polar surface area (TPSA) is 75.0 Å². The van der Waals surface area contributed by atoms with Gasteiger partial charge < -0.3 is 10.6 Å². The van der Waals surface area contributed by atoms with Gasteiger partial charge in [0, 0.05) is 13.1 Å². The van der Waals surface area contributed by atoms with E-state index in [1.807, 2.05) is 0 Å². The van der Waals surface area contributed by atoms with Crippen molar-refractivity contribution in [2.45, 2.75) is 6.92 Å². The summed E-state index contributed by atoms with van der Waals surface area (Å²) in [6.45, 7) is 3.76. The molecule has 13 heavy (non-hydrogen) atoms. The third-order valence-electron chi connectivity index (χ3n) is 2.25. The number of rotatable bonds is 1. The normalized spacial score (nSPS) is 17.2. The lowest BCUT2D eigenvalue weighted by Gasteiger charge is -2.36. The van der Waals surface area contributed by atoms with E-state index >= 15 is 0 Å². The van der Waals surface area contributed by atoms with Gasteiger partial charge in [-0.2, -0.15) is 5.10 Å². The van der Waals surface area contributed by atoms with Crippen LogP contribution in [-0.2, 0) is 0 Å². The molecule has 0 aliphatic carbocycles. The van der Waals surface area contributed by atoms with Crippen LogP contribution >= 0.6 is 0 Å². The fourth-order valence-electron chi connectivity index (χ4n) is 1.50. The van der Waals surface area contributed by atoms with Crippen LogP contribution in [-0.4, -0.2) is 34.1 Å². The summed E-state index contributed by atoms with van der Waals surface area (Å²) < 4.78 is 0. The summed E-state index contributed by atoms with van der Waals surface area (Å²) in [4.78, 5) is 13.4. The predicted molar refractivity (Wildman–Crippen MR) is 48.1 cm³/mol. The Morgan fingerprint density at radius 3 is 2.92 bits per heavy atom. The Bertz CT molecular complexity index is 327. The van der Waals surface area contributed by atoms with E-state index < -0.39 is 0 Å². The summed E-state index contributed by atoms with van der Waals surface area (Å²) in [7, 11) is 0. The third-order valence-corrected chi connectivity index (χ3v) is 2.25. The summed E-state index contributed by atoms with van der Waals surface area (Å²) in [6.07, 6.45) is 1.47. The molecule has 0 bridgehead atoms. The average molecular weight is 180 g/mol. The number of aromatic nitrogens is 2. The minimum absolute atomic E-state index is 0.0237. The van der Waals surface area contributed by atoms with E-state index in [1.165, 1.54) is 6.20 Å². The molecule has 0 spiro atoms. The predicted octanol–water partition coefficient (Wildman–Crippen LogP) is 0.0838. The third kappa shape index (κ3) is 1.26. The number of H-pyrrole nitrogens is 1. The highest BCUT2D eigenvalue weighted by molar-refractivity contribution is 5.98. The summed E-state index contributed by atoms with van der Waals surface area (Å²) in [5.41, 5.74) is 6.01. The van der Waals surface area contributed by atoms with Gasteiger partial charge in [0.25, 0.3) is 5.91 Å². The number of anilines is 1. The van der Waals surface area contributed by atoms with Crippen LogP contribution in [0.25, 0.3) is 0 Å². The van der Waals surface area contributed by atoms with E-state index in [-0.39, 0.29) is 5.91 Å². The maximum atomic E-state index is 11.6. The summed E-state index contributed by atoms with van der Waals surface area (Å²) in [5.74, 6) is 0.936. The highest BCUT2D eigenvalue weighted by Gasteiger charge is 2.29. The number of hydrogen-bond donors (Lipinski definition) is 2. The molecule has 1 fully saturated rings. The van der Waals surface area contributed by atoms with Gasteiger partial charge >= 0.3 is 0 Å². The lowest BCUT2D eigenvalue weighted by molar-refractivity contribution is 0.0531. The number of carbonyl (C=O) groups excluding carboxylic acids is 1. The molecular formula is C8H12N4O. The first-order valence-electron chi connectivity index (χ1n) is 4.26. The minimum atomic E-state index is -0.0237. The number of likely N-dealkylation sites (tertiary alicyclic amines) is 1. The zero-order valence-electron chi connectivity index (χ0n) is 7.45. The summed E-state index contributed by atoms with van der Waals surface area (Å²) >= 11 is 0. The van der Waals surface area contributed by atoms with Crippen LogP contribution in [0.5, 0.6) is 0 Å². The summed E-state index contributed by atoms with van der Waals surface area (Å²) in [6, 6.07) is 0. The first kappa shape index (κ1) is 8.10. The number of nitrogens with two attached hydrogens (primary N) is 1. The van der Waals surface area contributed by atoms with Gasteiger partial charge in [-0.15, -0.1) is 0 Å². The Morgan fingerprint density at radius 2 is 2.46 bits per heavy atom. The number of nitrogen functional groups attached to an aromatic ring is 1. The molecule has 5 nitrogen and oxygen atoms in total. The molecule has 3 N–H and O–H groups in total. The van der Waals surface area contributed by atoms with E-state index in [4.69, 9.17) is 5.73 Å². The van der Waals surface area contributed by atoms with Crippen LogP contribution in [0.15, 0.2) is 6.20 Å². The molecule has 1 aromatic rings. The highest BCUT2D eigenvalue weighted by Crippen LogP contribution is 2.19. The standard InChI is InChI=1S/C8H12N4O/c1-5-3-12(4-5)8(13)6-2-10-11-7(6)9/h2,5H,3-4H2,1H3,(H3,9,10,11). The Kier molecular flexibility index (Phi) is 1.72. The van der Waals surface area contributed by atoms with Crippen LogP contribution in [0.1, 0.15) is 17.3 Å². The Balaban J connectivity index is 2.10. The maximum Gasteiger partial charge on any atom is 0.259 e. The van der Waals surface area contributed by atoms with Gasteiger partial charge in [-0.25, -0.2) is 0 Å². The van der Waals surface area contributed by atoms with E-state index in [2.05, 4.69) is 17.1 Å². The molecule has 1 aromatic heterocycles. The molecule has 2 rings (SSSR count). The van der Waals surface area contributed by atoms with Crippen LogP contribution in [0, 0.1) is 5.92 Å².